The van der Waals surface area contributed by atoms with E-state index < -0.39 is 6.10 Å². The first kappa shape index (κ1) is 16.3. The van der Waals surface area contributed by atoms with Crippen molar-refractivity contribution in [2.75, 3.05) is 33.9 Å². The van der Waals surface area contributed by atoms with Gasteiger partial charge in [-0.3, -0.25) is 0 Å². The van der Waals surface area contributed by atoms with Gasteiger partial charge in [0.1, 0.15) is 11.9 Å². The summed E-state index contributed by atoms with van der Waals surface area (Å²) in [5.41, 5.74) is 0.672. The molecule has 0 saturated carbocycles. The van der Waals surface area contributed by atoms with E-state index >= 15 is 0 Å². The topological polar surface area (TPSA) is 32.7 Å². The van der Waals surface area contributed by atoms with Crippen molar-refractivity contribution < 1.29 is 14.2 Å². The second-order valence-electron chi connectivity index (χ2n) is 3.95. The van der Waals surface area contributed by atoms with Crippen LogP contribution in [-0.2, 0) is 4.74 Å². The molecular formula is C12H19ClFNO2. The van der Waals surface area contributed by atoms with Gasteiger partial charge in [0.15, 0.2) is 0 Å². The van der Waals surface area contributed by atoms with E-state index in [1.807, 2.05) is 19.0 Å². The molecule has 17 heavy (non-hydrogen) atoms. The molecule has 0 radical (unpaired) electrons. The maximum Gasteiger partial charge on any atom is 0.123 e. The van der Waals surface area contributed by atoms with Crippen LogP contribution in [0.15, 0.2) is 24.3 Å². The highest BCUT2D eigenvalue weighted by molar-refractivity contribution is 5.85. The third-order valence-electron chi connectivity index (χ3n) is 2.21. The van der Waals surface area contributed by atoms with Crippen LogP contribution in [0, 0.1) is 5.82 Å². The predicted octanol–water partition coefficient (Wildman–Crippen LogP) is 1.86. The van der Waals surface area contributed by atoms with Gasteiger partial charge in [0, 0.05) is 6.54 Å². The first-order chi connectivity index (χ1) is 7.59. The molecule has 1 aromatic carbocycles. The Morgan fingerprint density at radius 2 is 1.88 bits per heavy atom. The summed E-state index contributed by atoms with van der Waals surface area (Å²) in [6, 6.07) is 5.79. The lowest BCUT2D eigenvalue weighted by Crippen LogP contribution is -2.19. The SMILES string of the molecule is CN(C)CCOCC(O)c1ccc(F)cc1.Cl. The van der Waals surface area contributed by atoms with Crippen LogP contribution in [-0.4, -0.2) is 43.9 Å². The zero-order chi connectivity index (χ0) is 12.0. The Kier molecular flexibility index (Phi) is 8.08. The molecule has 98 valence electrons. The standard InChI is InChI=1S/C12H18FNO2.ClH/c1-14(2)7-8-16-9-12(15)10-3-5-11(13)6-4-10;/h3-6,12,15H,7-9H2,1-2H3;1H. The van der Waals surface area contributed by atoms with Gasteiger partial charge in [0.2, 0.25) is 0 Å². The molecule has 0 aliphatic rings. The molecule has 0 fully saturated rings. The Balaban J connectivity index is 0.00000256. The van der Waals surface area contributed by atoms with E-state index in [1.54, 1.807) is 12.1 Å². The van der Waals surface area contributed by atoms with E-state index in [0.29, 0.717) is 12.2 Å². The van der Waals surface area contributed by atoms with E-state index in [9.17, 15) is 9.50 Å². The monoisotopic (exact) mass is 263 g/mol. The molecule has 0 bridgehead atoms. The Morgan fingerprint density at radius 3 is 2.41 bits per heavy atom. The molecule has 0 aromatic heterocycles. The Hall–Kier alpha value is -0.680. The summed E-state index contributed by atoms with van der Waals surface area (Å²) in [6.07, 6.45) is -0.692. The molecule has 5 heteroatoms. The molecule has 0 heterocycles. The number of ether oxygens (including phenoxy) is 1. The van der Waals surface area contributed by atoms with Crippen LogP contribution in [0.2, 0.25) is 0 Å². The number of halogens is 2. The Morgan fingerprint density at radius 1 is 1.29 bits per heavy atom. The molecule has 1 unspecified atom stereocenters. The predicted molar refractivity (Wildman–Crippen MR) is 68.0 cm³/mol. The summed E-state index contributed by atoms with van der Waals surface area (Å²) in [4.78, 5) is 2.00. The smallest absolute Gasteiger partial charge is 0.123 e. The fraction of sp³-hybridized carbons (Fsp3) is 0.500. The van der Waals surface area contributed by atoms with Gasteiger partial charge in [-0.2, -0.15) is 0 Å². The number of hydrogen-bond acceptors (Lipinski definition) is 3. The van der Waals surface area contributed by atoms with Gasteiger partial charge in [0.05, 0.1) is 13.2 Å². The lowest BCUT2D eigenvalue weighted by Gasteiger charge is -2.13. The van der Waals surface area contributed by atoms with E-state index in [-0.39, 0.29) is 24.8 Å². The Labute approximate surface area is 108 Å². The van der Waals surface area contributed by atoms with Crippen molar-refractivity contribution in [1.29, 1.82) is 0 Å². The normalized spacial score (nSPS) is 12.3. The first-order valence-corrected chi connectivity index (χ1v) is 5.25. The minimum Gasteiger partial charge on any atom is -0.386 e. The molecule has 1 aromatic rings. The fourth-order valence-electron chi connectivity index (χ4n) is 1.22. The average Bonchev–Trinajstić information content (AvgIpc) is 2.25. The van der Waals surface area contributed by atoms with Crippen LogP contribution in [0.1, 0.15) is 11.7 Å². The molecule has 0 aliphatic carbocycles. The maximum absolute atomic E-state index is 12.6. The third kappa shape index (κ3) is 6.58. The van der Waals surface area contributed by atoms with Gasteiger partial charge < -0.3 is 14.7 Å². The number of likely N-dealkylation sites (N-methyl/N-ethyl adjacent to an activating group) is 1. The number of rotatable bonds is 6. The number of aliphatic hydroxyl groups is 1. The summed E-state index contributed by atoms with van der Waals surface area (Å²) in [5.74, 6) is -0.301. The Bertz CT molecular complexity index is 306. The van der Waals surface area contributed by atoms with Crippen molar-refractivity contribution in [1.82, 2.24) is 4.90 Å². The van der Waals surface area contributed by atoms with E-state index in [4.69, 9.17) is 4.74 Å². The first-order valence-electron chi connectivity index (χ1n) is 5.25. The molecule has 0 aliphatic heterocycles. The van der Waals surface area contributed by atoms with Crippen molar-refractivity contribution >= 4 is 12.4 Å². The maximum atomic E-state index is 12.6. The fourth-order valence-corrected chi connectivity index (χ4v) is 1.22. The average molecular weight is 264 g/mol. The second-order valence-corrected chi connectivity index (χ2v) is 3.95. The second kappa shape index (κ2) is 8.42. The molecule has 0 spiro atoms. The molecule has 0 amide bonds. The van der Waals surface area contributed by atoms with Gasteiger partial charge in [-0.1, -0.05) is 12.1 Å². The summed E-state index contributed by atoms with van der Waals surface area (Å²) in [5, 5.41) is 9.72. The number of aliphatic hydroxyl groups excluding tert-OH is 1. The van der Waals surface area contributed by atoms with Crippen molar-refractivity contribution in [3.63, 3.8) is 0 Å². The quantitative estimate of drug-likeness (QED) is 0.796. The molecule has 1 N–H and O–H groups in total. The van der Waals surface area contributed by atoms with E-state index in [1.165, 1.54) is 12.1 Å². The van der Waals surface area contributed by atoms with Gasteiger partial charge in [0.25, 0.3) is 0 Å². The van der Waals surface area contributed by atoms with Crippen LogP contribution in [0.3, 0.4) is 0 Å². The third-order valence-corrected chi connectivity index (χ3v) is 2.21. The van der Waals surface area contributed by atoms with Gasteiger partial charge in [-0.05, 0) is 31.8 Å². The van der Waals surface area contributed by atoms with Crippen molar-refractivity contribution in [2.24, 2.45) is 0 Å². The molecule has 3 nitrogen and oxygen atoms in total. The van der Waals surface area contributed by atoms with Gasteiger partial charge >= 0.3 is 0 Å². The zero-order valence-electron chi connectivity index (χ0n) is 10.1. The van der Waals surface area contributed by atoms with Crippen LogP contribution in [0.5, 0.6) is 0 Å². The minimum absolute atomic E-state index is 0. The zero-order valence-corrected chi connectivity index (χ0v) is 10.9. The van der Waals surface area contributed by atoms with E-state index in [0.717, 1.165) is 6.54 Å². The number of nitrogens with zero attached hydrogens (tertiary/aromatic N) is 1. The number of benzene rings is 1. The summed E-state index contributed by atoms with van der Waals surface area (Å²) >= 11 is 0. The van der Waals surface area contributed by atoms with Crippen molar-refractivity contribution in [3.05, 3.63) is 35.6 Å². The molecule has 1 rings (SSSR count). The highest BCUT2D eigenvalue weighted by Gasteiger charge is 2.07. The summed E-state index contributed by atoms with van der Waals surface area (Å²) in [7, 11) is 3.92. The summed E-state index contributed by atoms with van der Waals surface area (Å²) in [6.45, 7) is 1.63. The van der Waals surface area contributed by atoms with Gasteiger partial charge in [-0.25, -0.2) is 4.39 Å². The van der Waals surface area contributed by atoms with Crippen LogP contribution < -0.4 is 0 Å². The molecule has 0 saturated heterocycles. The minimum atomic E-state index is -0.692. The molecular weight excluding hydrogens is 245 g/mol. The largest absolute Gasteiger partial charge is 0.386 e. The van der Waals surface area contributed by atoms with Crippen molar-refractivity contribution in [3.8, 4) is 0 Å². The highest BCUT2D eigenvalue weighted by atomic mass is 35.5. The van der Waals surface area contributed by atoms with Crippen LogP contribution in [0.4, 0.5) is 4.39 Å². The van der Waals surface area contributed by atoms with Crippen LogP contribution >= 0.6 is 12.4 Å². The number of hydrogen-bond donors (Lipinski definition) is 1. The lowest BCUT2D eigenvalue weighted by molar-refractivity contribution is 0.0306. The van der Waals surface area contributed by atoms with Crippen molar-refractivity contribution in [2.45, 2.75) is 6.10 Å². The summed E-state index contributed by atoms with van der Waals surface area (Å²) < 4.78 is 17.9. The highest BCUT2D eigenvalue weighted by Crippen LogP contribution is 2.13. The molecule has 1 atom stereocenters. The lowest BCUT2D eigenvalue weighted by atomic mass is 10.1. The van der Waals surface area contributed by atoms with Gasteiger partial charge in [-0.15, -0.1) is 12.4 Å². The van der Waals surface area contributed by atoms with E-state index in [2.05, 4.69) is 0 Å². The van der Waals surface area contributed by atoms with Crippen LogP contribution in [0.25, 0.3) is 0 Å².